The quantitative estimate of drug-likeness (QED) is 0.705. The molecule has 0 fully saturated rings. The highest BCUT2D eigenvalue weighted by atomic mass is 35.5. The lowest BCUT2D eigenvalue weighted by Gasteiger charge is -2.05. The van der Waals surface area contributed by atoms with Crippen molar-refractivity contribution in [2.75, 3.05) is 7.11 Å². The highest BCUT2D eigenvalue weighted by Crippen LogP contribution is 2.30. The van der Waals surface area contributed by atoms with E-state index in [4.69, 9.17) is 21.4 Å². The molecule has 1 rings (SSSR count). The van der Waals surface area contributed by atoms with Crippen molar-refractivity contribution in [1.82, 2.24) is 0 Å². The molecule has 2 nitrogen and oxygen atoms in total. The number of phenols is 1. The highest BCUT2D eigenvalue weighted by molar-refractivity contribution is 6.31. The first kappa shape index (κ1) is 8.21. The molecule has 0 aliphatic rings. The summed E-state index contributed by atoms with van der Waals surface area (Å²) in [4.78, 5) is 0. The fourth-order valence-corrected chi connectivity index (χ4v) is 1.06. The molecule has 0 bridgehead atoms. The van der Waals surface area contributed by atoms with Gasteiger partial charge in [0.1, 0.15) is 11.5 Å². The second-order valence-electron chi connectivity index (χ2n) is 2.25. The van der Waals surface area contributed by atoms with E-state index in [1.807, 2.05) is 6.92 Å². The van der Waals surface area contributed by atoms with E-state index < -0.39 is 0 Å². The summed E-state index contributed by atoms with van der Waals surface area (Å²) in [6.07, 6.45) is 0. The van der Waals surface area contributed by atoms with Crippen LogP contribution in [0.25, 0.3) is 0 Å². The molecule has 1 aromatic carbocycles. The van der Waals surface area contributed by atoms with Crippen molar-refractivity contribution < 1.29 is 9.84 Å². The molecule has 0 radical (unpaired) electrons. The fourth-order valence-electron chi connectivity index (χ4n) is 0.852. The van der Waals surface area contributed by atoms with Crippen molar-refractivity contribution in [2.45, 2.75) is 6.92 Å². The minimum Gasteiger partial charge on any atom is -0.508 e. The average molecular weight is 173 g/mol. The summed E-state index contributed by atoms with van der Waals surface area (Å²) in [6, 6.07) is 3.01. The van der Waals surface area contributed by atoms with E-state index in [0.29, 0.717) is 10.8 Å². The SMILES string of the molecule is COc1cc(O)cc(Cl)c1C. The standard InChI is InChI=1S/C8H9ClO2/c1-5-7(9)3-6(10)4-8(5)11-2/h3-4,10H,1-2H3. The maximum Gasteiger partial charge on any atom is 0.126 e. The molecule has 0 saturated carbocycles. The van der Waals surface area contributed by atoms with Gasteiger partial charge in [-0.1, -0.05) is 11.6 Å². The zero-order chi connectivity index (χ0) is 8.43. The lowest BCUT2D eigenvalue weighted by Crippen LogP contribution is -1.86. The average Bonchev–Trinajstić information content (AvgIpc) is 1.96. The van der Waals surface area contributed by atoms with E-state index >= 15 is 0 Å². The molecule has 0 saturated heterocycles. The summed E-state index contributed by atoms with van der Waals surface area (Å²) in [5, 5.41) is 9.60. The van der Waals surface area contributed by atoms with Gasteiger partial charge in [-0.2, -0.15) is 0 Å². The van der Waals surface area contributed by atoms with Gasteiger partial charge >= 0.3 is 0 Å². The van der Waals surface area contributed by atoms with Crippen LogP contribution in [-0.4, -0.2) is 12.2 Å². The predicted octanol–water partition coefficient (Wildman–Crippen LogP) is 2.36. The summed E-state index contributed by atoms with van der Waals surface area (Å²) in [6.45, 7) is 1.83. The molecule has 1 N–H and O–H groups in total. The van der Waals surface area contributed by atoms with Crippen LogP contribution in [0.1, 0.15) is 5.56 Å². The van der Waals surface area contributed by atoms with Gasteiger partial charge in [0.2, 0.25) is 0 Å². The van der Waals surface area contributed by atoms with E-state index in [1.54, 1.807) is 0 Å². The number of halogens is 1. The smallest absolute Gasteiger partial charge is 0.126 e. The Kier molecular flexibility index (Phi) is 2.25. The van der Waals surface area contributed by atoms with E-state index in [1.165, 1.54) is 19.2 Å². The van der Waals surface area contributed by atoms with Crippen LogP contribution in [0.15, 0.2) is 12.1 Å². The van der Waals surface area contributed by atoms with Crippen LogP contribution >= 0.6 is 11.6 Å². The van der Waals surface area contributed by atoms with Gasteiger partial charge in [0.15, 0.2) is 0 Å². The van der Waals surface area contributed by atoms with Crippen LogP contribution in [0.5, 0.6) is 11.5 Å². The Morgan fingerprint density at radius 2 is 2.09 bits per heavy atom. The van der Waals surface area contributed by atoms with Crippen molar-refractivity contribution in [3.63, 3.8) is 0 Å². The highest BCUT2D eigenvalue weighted by Gasteiger charge is 2.04. The van der Waals surface area contributed by atoms with Gasteiger partial charge < -0.3 is 9.84 Å². The normalized spacial score (nSPS) is 9.73. The minimum atomic E-state index is 0.123. The molecule has 0 aliphatic heterocycles. The van der Waals surface area contributed by atoms with E-state index in [9.17, 15) is 0 Å². The van der Waals surface area contributed by atoms with Crippen molar-refractivity contribution in [3.8, 4) is 11.5 Å². The monoisotopic (exact) mass is 172 g/mol. The van der Waals surface area contributed by atoms with Gasteiger partial charge in [0.25, 0.3) is 0 Å². The van der Waals surface area contributed by atoms with Crippen molar-refractivity contribution >= 4 is 11.6 Å². The third-order valence-electron chi connectivity index (χ3n) is 1.50. The third kappa shape index (κ3) is 1.57. The predicted molar refractivity (Wildman–Crippen MR) is 44.4 cm³/mol. The molecule has 0 unspecified atom stereocenters. The van der Waals surface area contributed by atoms with Crippen molar-refractivity contribution in [2.24, 2.45) is 0 Å². The van der Waals surface area contributed by atoms with Gasteiger partial charge in [-0.05, 0) is 13.0 Å². The van der Waals surface area contributed by atoms with E-state index in [0.717, 1.165) is 5.56 Å². The Bertz CT molecular complexity index is 271. The summed E-state index contributed by atoms with van der Waals surface area (Å²) in [7, 11) is 1.54. The van der Waals surface area contributed by atoms with Gasteiger partial charge in [-0.3, -0.25) is 0 Å². The number of phenolic OH excluding ortho intramolecular Hbond substituents is 1. The molecule has 0 spiro atoms. The second-order valence-corrected chi connectivity index (χ2v) is 2.66. The third-order valence-corrected chi connectivity index (χ3v) is 1.89. The van der Waals surface area contributed by atoms with Crippen LogP contribution in [0.2, 0.25) is 5.02 Å². The second kappa shape index (κ2) is 3.01. The van der Waals surface area contributed by atoms with Crippen molar-refractivity contribution in [1.29, 1.82) is 0 Å². The molecule has 0 heterocycles. The summed E-state index contributed by atoms with van der Waals surface area (Å²) in [5.41, 5.74) is 0.840. The Balaban J connectivity index is 3.24. The first-order valence-electron chi connectivity index (χ1n) is 3.18. The largest absolute Gasteiger partial charge is 0.508 e. The Morgan fingerprint density at radius 3 is 2.64 bits per heavy atom. The van der Waals surface area contributed by atoms with E-state index in [-0.39, 0.29) is 5.75 Å². The van der Waals surface area contributed by atoms with Crippen LogP contribution in [0, 0.1) is 6.92 Å². The molecule has 0 amide bonds. The maximum atomic E-state index is 9.09. The van der Waals surface area contributed by atoms with Gasteiger partial charge in [0, 0.05) is 11.6 Å². The van der Waals surface area contributed by atoms with Gasteiger partial charge in [-0.15, -0.1) is 0 Å². The summed E-state index contributed by atoms with van der Waals surface area (Å²) >= 11 is 5.76. The topological polar surface area (TPSA) is 29.5 Å². The molecular weight excluding hydrogens is 164 g/mol. The first-order valence-corrected chi connectivity index (χ1v) is 3.56. The van der Waals surface area contributed by atoms with E-state index in [2.05, 4.69) is 0 Å². The molecular formula is C8H9ClO2. The van der Waals surface area contributed by atoms with Crippen molar-refractivity contribution in [3.05, 3.63) is 22.7 Å². The number of hydrogen-bond acceptors (Lipinski definition) is 2. The zero-order valence-corrected chi connectivity index (χ0v) is 7.14. The molecule has 0 aliphatic carbocycles. The lowest BCUT2D eigenvalue weighted by molar-refractivity contribution is 0.404. The lowest BCUT2D eigenvalue weighted by atomic mass is 10.2. The summed E-state index contributed by atoms with van der Waals surface area (Å²) < 4.78 is 4.96. The molecule has 11 heavy (non-hydrogen) atoms. The number of aromatic hydroxyl groups is 1. The van der Waals surface area contributed by atoms with Gasteiger partial charge in [-0.25, -0.2) is 0 Å². The summed E-state index contributed by atoms with van der Waals surface area (Å²) in [5.74, 6) is 0.729. The number of methoxy groups -OCH3 is 1. The Morgan fingerprint density at radius 1 is 1.45 bits per heavy atom. The molecule has 3 heteroatoms. The minimum absolute atomic E-state index is 0.123. The molecule has 60 valence electrons. The zero-order valence-electron chi connectivity index (χ0n) is 6.39. The molecule has 0 aromatic heterocycles. The fraction of sp³-hybridized carbons (Fsp3) is 0.250. The molecule has 1 aromatic rings. The first-order chi connectivity index (χ1) is 5.15. The van der Waals surface area contributed by atoms with Crippen LogP contribution in [0.3, 0.4) is 0 Å². The molecule has 0 atom stereocenters. The van der Waals surface area contributed by atoms with Crippen LogP contribution in [-0.2, 0) is 0 Å². The number of hydrogen-bond donors (Lipinski definition) is 1. The van der Waals surface area contributed by atoms with Crippen LogP contribution in [0.4, 0.5) is 0 Å². The number of rotatable bonds is 1. The maximum absolute atomic E-state index is 9.09. The number of benzene rings is 1. The Labute approximate surface area is 70.4 Å². The Hall–Kier alpha value is -0.890. The van der Waals surface area contributed by atoms with Gasteiger partial charge in [0.05, 0.1) is 12.1 Å². The van der Waals surface area contributed by atoms with Crippen LogP contribution < -0.4 is 4.74 Å². The number of ether oxygens (including phenoxy) is 1.